The molecular formula is C18H21N5O4S. The Kier molecular flexibility index (Phi) is 6.90. The molecular weight excluding hydrogens is 382 g/mol. The molecule has 3 rings (SSSR count). The van der Waals surface area contributed by atoms with Gasteiger partial charge in [0.2, 0.25) is 0 Å². The van der Waals surface area contributed by atoms with Gasteiger partial charge in [0.1, 0.15) is 5.82 Å². The molecule has 1 aromatic carbocycles. The Morgan fingerprint density at radius 2 is 2.14 bits per heavy atom. The van der Waals surface area contributed by atoms with Crippen molar-refractivity contribution in [3.8, 4) is 0 Å². The molecule has 9 nitrogen and oxygen atoms in total. The van der Waals surface area contributed by atoms with E-state index >= 15 is 0 Å². The van der Waals surface area contributed by atoms with Gasteiger partial charge >= 0.3 is 0 Å². The summed E-state index contributed by atoms with van der Waals surface area (Å²) in [4.78, 5) is 25.1. The van der Waals surface area contributed by atoms with E-state index in [9.17, 15) is 14.9 Å². The number of ether oxygens (including phenoxy) is 1. The Morgan fingerprint density at radius 1 is 1.36 bits per heavy atom. The van der Waals surface area contributed by atoms with Gasteiger partial charge in [0.15, 0.2) is 10.9 Å². The third kappa shape index (κ3) is 5.03. The molecule has 28 heavy (non-hydrogen) atoms. The van der Waals surface area contributed by atoms with E-state index in [0.29, 0.717) is 37.0 Å². The number of allylic oxidation sites excluding steroid dienone is 1. The molecule has 0 unspecified atom stereocenters. The van der Waals surface area contributed by atoms with Gasteiger partial charge in [-0.2, -0.15) is 0 Å². The predicted molar refractivity (Wildman–Crippen MR) is 104 cm³/mol. The van der Waals surface area contributed by atoms with Crippen molar-refractivity contribution < 1.29 is 14.5 Å². The number of benzene rings is 1. The molecule has 1 fully saturated rings. The lowest BCUT2D eigenvalue weighted by atomic mass is 10.1. The second-order valence-electron chi connectivity index (χ2n) is 6.21. The van der Waals surface area contributed by atoms with Gasteiger partial charge in [-0.25, -0.2) is 0 Å². The molecule has 1 aliphatic rings. The standard InChI is InChI=1S/C18H21N5O4S/c1-2-6-22-17(12-21-7-9-27-10-8-21)19-20-18(22)28-13-16(24)14-4-3-5-15(11-14)23(25)26/h2-5,11H,1,6-10,12-13H2. The molecule has 148 valence electrons. The minimum absolute atomic E-state index is 0.0986. The normalized spacial score (nSPS) is 14.7. The molecule has 1 aromatic heterocycles. The Labute approximate surface area is 166 Å². The number of thioether (sulfide) groups is 1. The minimum Gasteiger partial charge on any atom is -0.379 e. The van der Waals surface area contributed by atoms with E-state index in [-0.39, 0.29) is 17.2 Å². The van der Waals surface area contributed by atoms with E-state index in [1.165, 1.54) is 30.0 Å². The Bertz CT molecular complexity index is 863. The van der Waals surface area contributed by atoms with E-state index in [1.807, 2.05) is 4.57 Å². The van der Waals surface area contributed by atoms with Crippen molar-refractivity contribution in [3.63, 3.8) is 0 Å². The second kappa shape index (κ2) is 9.58. The summed E-state index contributed by atoms with van der Waals surface area (Å²) in [6.45, 7) is 8.07. The Morgan fingerprint density at radius 3 is 2.86 bits per heavy atom. The number of non-ortho nitro benzene ring substituents is 1. The van der Waals surface area contributed by atoms with Crippen molar-refractivity contribution in [2.45, 2.75) is 18.2 Å². The number of carbonyl (C=O) groups excluding carboxylic acids is 1. The van der Waals surface area contributed by atoms with Crippen LogP contribution in [0.3, 0.4) is 0 Å². The van der Waals surface area contributed by atoms with Gasteiger partial charge in [-0.1, -0.05) is 30.0 Å². The van der Waals surface area contributed by atoms with Crippen molar-refractivity contribution in [2.75, 3.05) is 32.1 Å². The highest BCUT2D eigenvalue weighted by molar-refractivity contribution is 7.99. The van der Waals surface area contributed by atoms with E-state index in [4.69, 9.17) is 4.74 Å². The Balaban J connectivity index is 1.67. The van der Waals surface area contributed by atoms with Crippen LogP contribution in [0.1, 0.15) is 16.2 Å². The molecule has 10 heteroatoms. The molecule has 1 aliphatic heterocycles. The maximum atomic E-state index is 12.4. The third-order valence-electron chi connectivity index (χ3n) is 4.29. The number of aromatic nitrogens is 3. The largest absolute Gasteiger partial charge is 0.379 e. The van der Waals surface area contributed by atoms with Crippen LogP contribution < -0.4 is 0 Å². The van der Waals surface area contributed by atoms with Crippen LogP contribution in [-0.2, 0) is 17.8 Å². The number of morpholine rings is 1. The van der Waals surface area contributed by atoms with Crippen LogP contribution in [0.5, 0.6) is 0 Å². The highest BCUT2D eigenvalue weighted by atomic mass is 32.2. The fourth-order valence-electron chi connectivity index (χ4n) is 2.82. The lowest BCUT2D eigenvalue weighted by molar-refractivity contribution is -0.384. The molecule has 2 heterocycles. The highest BCUT2D eigenvalue weighted by Gasteiger charge is 2.19. The zero-order valence-electron chi connectivity index (χ0n) is 15.3. The zero-order valence-corrected chi connectivity index (χ0v) is 16.1. The number of nitrogens with zero attached hydrogens (tertiary/aromatic N) is 5. The minimum atomic E-state index is -0.511. The zero-order chi connectivity index (χ0) is 19.9. The van der Waals surface area contributed by atoms with Gasteiger partial charge < -0.3 is 9.30 Å². The fraction of sp³-hybridized carbons (Fsp3) is 0.389. The summed E-state index contributed by atoms with van der Waals surface area (Å²) in [7, 11) is 0. The van der Waals surface area contributed by atoms with Crippen molar-refractivity contribution in [1.29, 1.82) is 0 Å². The number of Topliss-reactive ketones (excluding diaryl/α,β-unsaturated/α-hetero) is 1. The van der Waals surface area contributed by atoms with Gasteiger partial charge in [-0.15, -0.1) is 16.8 Å². The summed E-state index contributed by atoms with van der Waals surface area (Å²) in [5.41, 5.74) is 0.212. The third-order valence-corrected chi connectivity index (χ3v) is 5.25. The van der Waals surface area contributed by atoms with Crippen molar-refractivity contribution in [2.24, 2.45) is 0 Å². The van der Waals surface area contributed by atoms with Crippen LogP contribution in [0.15, 0.2) is 42.1 Å². The van der Waals surface area contributed by atoms with E-state index in [0.717, 1.165) is 18.9 Å². The van der Waals surface area contributed by atoms with E-state index < -0.39 is 4.92 Å². The first-order valence-corrected chi connectivity index (χ1v) is 9.80. The SMILES string of the molecule is C=CCn1c(CN2CCOCC2)nnc1SCC(=O)c1cccc([N+](=O)[O-])c1. The van der Waals surface area contributed by atoms with Gasteiger partial charge in [0.05, 0.1) is 30.4 Å². The number of hydrogen-bond acceptors (Lipinski definition) is 8. The van der Waals surface area contributed by atoms with Crippen LogP contribution in [0.4, 0.5) is 5.69 Å². The maximum absolute atomic E-state index is 12.4. The molecule has 1 saturated heterocycles. The molecule has 0 spiro atoms. The van der Waals surface area contributed by atoms with Crippen molar-refractivity contribution in [1.82, 2.24) is 19.7 Å². The maximum Gasteiger partial charge on any atom is 0.270 e. The molecule has 0 atom stereocenters. The van der Waals surface area contributed by atoms with Gasteiger partial charge in [-0.05, 0) is 0 Å². The summed E-state index contributed by atoms with van der Waals surface area (Å²) in [6, 6.07) is 5.74. The molecule has 0 saturated carbocycles. The van der Waals surface area contributed by atoms with Crippen LogP contribution in [-0.4, -0.2) is 62.4 Å². The lowest BCUT2D eigenvalue weighted by Crippen LogP contribution is -2.36. The smallest absolute Gasteiger partial charge is 0.270 e. The molecule has 2 aromatic rings. The fourth-order valence-corrected chi connectivity index (χ4v) is 3.68. The van der Waals surface area contributed by atoms with Crippen LogP contribution in [0.2, 0.25) is 0 Å². The second-order valence-corrected chi connectivity index (χ2v) is 7.15. The van der Waals surface area contributed by atoms with Crippen molar-refractivity contribution >= 4 is 23.2 Å². The molecule has 0 radical (unpaired) electrons. The highest BCUT2D eigenvalue weighted by Crippen LogP contribution is 2.21. The van der Waals surface area contributed by atoms with Crippen LogP contribution in [0, 0.1) is 10.1 Å². The first kappa shape index (κ1) is 20.2. The van der Waals surface area contributed by atoms with Crippen molar-refractivity contribution in [3.05, 3.63) is 58.4 Å². The molecule has 0 aliphatic carbocycles. The predicted octanol–water partition coefficient (Wildman–Crippen LogP) is 2.18. The van der Waals surface area contributed by atoms with E-state index in [1.54, 1.807) is 12.1 Å². The Hall–Kier alpha value is -2.56. The number of carbonyl (C=O) groups is 1. The van der Waals surface area contributed by atoms with Gasteiger partial charge in [0, 0.05) is 37.3 Å². The average Bonchev–Trinajstić information content (AvgIpc) is 3.08. The summed E-state index contributed by atoms with van der Waals surface area (Å²) < 4.78 is 7.30. The summed E-state index contributed by atoms with van der Waals surface area (Å²) in [5, 5.41) is 20.0. The first-order valence-electron chi connectivity index (χ1n) is 8.82. The molecule has 0 bridgehead atoms. The number of ketones is 1. The van der Waals surface area contributed by atoms with Crippen LogP contribution in [0.25, 0.3) is 0 Å². The molecule has 0 amide bonds. The molecule has 0 N–H and O–H groups in total. The topological polar surface area (TPSA) is 103 Å². The number of nitro groups is 1. The monoisotopic (exact) mass is 403 g/mol. The summed E-state index contributed by atoms with van der Waals surface area (Å²) >= 11 is 1.27. The van der Waals surface area contributed by atoms with E-state index in [2.05, 4.69) is 21.7 Å². The van der Waals surface area contributed by atoms with Gasteiger partial charge in [-0.3, -0.25) is 19.8 Å². The lowest BCUT2D eigenvalue weighted by Gasteiger charge is -2.26. The summed E-state index contributed by atoms with van der Waals surface area (Å²) in [5.74, 6) is 0.734. The quantitative estimate of drug-likeness (QED) is 0.206. The summed E-state index contributed by atoms with van der Waals surface area (Å²) in [6.07, 6.45) is 1.76. The average molecular weight is 403 g/mol. The van der Waals surface area contributed by atoms with Crippen LogP contribution >= 0.6 is 11.8 Å². The van der Waals surface area contributed by atoms with Gasteiger partial charge in [0.25, 0.3) is 5.69 Å². The number of rotatable bonds is 9. The number of hydrogen-bond donors (Lipinski definition) is 0. The number of nitro benzene ring substituents is 1. The first-order chi connectivity index (χ1) is 13.6.